The third-order valence-corrected chi connectivity index (χ3v) is 5.80. The highest BCUT2D eigenvalue weighted by atomic mass is 35.5. The van der Waals surface area contributed by atoms with Crippen LogP contribution in [0.1, 0.15) is 59.7 Å². The Morgan fingerprint density at radius 1 is 1.26 bits per heavy atom. The van der Waals surface area contributed by atoms with E-state index in [4.69, 9.17) is 5.73 Å². The predicted octanol–water partition coefficient (Wildman–Crippen LogP) is 3.84. The maximum Gasteiger partial charge on any atom is 0.270 e. The van der Waals surface area contributed by atoms with Crippen molar-refractivity contribution >= 4 is 42.1 Å². The van der Waals surface area contributed by atoms with Crippen molar-refractivity contribution in [2.45, 2.75) is 50.7 Å². The van der Waals surface area contributed by atoms with Crippen molar-refractivity contribution < 1.29 is 4.79 Å². The quantitative estimate of drug-likeness (QED) is 0.623. The Labute approximate surface area is 177 Å². The van der Waals surface area contributed by atoms with Gasteiger partial charge in [0, 0.05) is 30.1 Å². The molecule has 2 aromatic rings. The van der Waals surface area contributed by atoms with E-state index in [9.17, 15) is 4.79 Å². The Balaban J connectivity index is 0.00000182. The monoisotopic (exact) mass is 430 g/mol. The van der Waals surface area contributed by atoms with E-state index in [2.05, 4.69) is 46.8 Å². The molecule has 150 valence electrons. The van der Waals surface area contributed by atoms with E-state index in [1.165, 1.54) is 29.7 Å². The molecule has 1 atom stereocenters. The van der Waals surface area contributed by atoms with Gasteiger partial charge in [-0.3, -0.25) is 4.79 Å². The van der Waals surface area contributed by atoms with Gasteiger partial charge in [0.1, 0.15) is 10.7 Å². The fourth-order valence-corrected chi connectivity index (χ4v) is 4.21. The number of halogens is 2. The highest BCUT2D eigenvalue weighted by Crippen LogP contribution is 2.32. The summed E-state index contributed by atoms with van der Waals surface area (Å²) in [6, 6.07) is 10.7. The third-order valence-electron chi connectivity index (χ3n) is 4.93. The molecule has 0 saturated heterocycles. The van der Waals surface area contributed by atoms with Crippen molar-refractivity contribution in [3.8, 4) is 0 Å². The van der Waals surface area contributed by atoms with Gasteiger partial charge in [0.2, 0.25) is 0 Å². The molecule has 1 fully saturated rings. The minimum absolute atomic E-state index is 0. The summed E-state index contributed by atoms with van der Waals surface area (Å²) in [5.41, 5.74) is 7.27. The lowest BCUT2D eigenvalue weighted by Gasteiger charge is -2.34. The zero-order valence-corrected chi connectivity index (χ0v) is 17.9. The largest absolute Gasteiger partial charge is 0.349 e. The molecular formula is C19H28Cl2N4OS. The first-order valence-corrected chi connectivity index (χ1v) is 9.75. The van der Waals surface area contributed by atoms with Crippen LogP contribution in [0.4, 0.5) is 0 Å². The first-order chi connectivity index (χ1) is 12.1. The van der Waals surface area contributed by atoms with E-state index in [0.717, 1.165) is 17.8 Å². The molecule has 0 aliphatic heterocycles. The number of hydrogen-bond acceptors (Lipinski definition) is 5. The fraction of sp³-hybridized carbons (Fsp3) is 0.474. The minimum Gasteiger partial charge on any atom is -0.349 e. The third kappa shape index (κ3) is 6.16. The zero-order valence-electron chi connectivity index (χ0n) is 15.4. The van der Waals surface area contributed by atoms with Crippen molar-refractivity contribution in [3.63, 3.8) is 0 Å². The van der Waals surface area contributed by atoms with E-state index >= 15 is 0 Å². The standard InChI is InChI=1S/C19H26N4OS.2ClH/c1-14(15-7-3-2-4-8-15)23-19(9-5-6-10-19)13-21-18(24)16-12-25-17(11-20)22-16;;/h2-4,7-8,12,14,23H,5-6,9-11,13,20H2,1H3,(H,21,24);2*1H. The second kappa shape index (κ2) is 11.0. The van der Waals surface area contributed by atoms with Gasteiger partial charge in [0.15, 0.2) is 0 Å². The number of nitrogens with one attached hydrogen (secondary N) is 2. The molecule has 1 amide bonds. The van der Waals surface area contributed by atoms with Crippen molar-refractivity contribution in [2.24, 2.45) is 5.73 Å². The van der Waals surface area contributed by atoms with Gasteiger partial charge in [0.05, 0.1) is 0 Å². The second-order valence-corrected chi connectivity index (χ2v) is 7.72. The lowest BCUT2D eigenvalue weighted by atomic mass is 9.94. The van der Waals surface area contributed by atoms with Gasteiger partial charge in [-0.2, -0.15) is 0 Å². The van der Waals surface area contributed by atoms with Gasteiger partial charge < -0.3 is 16.4 Å². The van der Waals surface area contributed by atoms with Crippen LogP contribution in [-0.2, 0) is 6.54 Å². The molecule has 5 nitrogen and oxygen atoms in total. The van der Waals surface area contributed by atoms with Gasteiger partial charge in [-0.15, -0.1) is 36.2 Å². The van der Waals surface area contributed by atoms with E-state index in [0.29, 0.717) is 18.8 Å². The molecule has 1 heterocycles. The molecule has 0 radical (unpaired) electrons. The van der Waals surface area contributed by atoms with Crippen LogP contribution < -0.4 is 16.4 Å². The summed E-state index contributed by atoms with van der Waals surface area (Å²) in [7, 11) is 0. The molecule has 0 bridgehead atoms. The zero-order chi connectivity index (χ0) is 17.7. The van der Waals surface area contributed by atoms with Gasteiger partial charge in [-0.25, -0.2) is 4.98 Å². The van der Waals surface area contributed by atoms with Gasteiger partial charge in [-0.05, 0) is 25.3 Å². The summed E-state index contributed by atoms with van der Waals surface area (Å²) in [5, 5.41) is 9.42. The van der Waals surface area contributed by atoms with Crippen molar-refractivity contribution in [2.75, 3.05) is 6.54 Å². The number of nitrogens with zero attached hydrogens (tertiary/aromatic N) is 1. The smallest absolute Gasteiger partial charge is 0.270 e. The molecule has 4 N–H and O–H groups in total. The lowest BCUT2D eigenvalue weighted by Crippen LogP contribution is -2.52. The van der Waals surface area contributed by atoms with Crippen LogP contribution in [0.15, 0.2) is 35.7 Å². The maximum absolute atomic E-state index is 12.4. The molecule has 1 aromatic carbocycles. The van der Waals surface area contributed by atoms with Crippen LogP contribution in [0.2, 0.25) is 0 Å². The van der Waals surface area contributed by atoms with E-state index < -0.39 is 0 Å². The van der Waals surface area contributed by atoms with Crippen LogP contribution in [0.25, 0.3) is 0 Å². The Morgan fingerprint density at radius 3 is 2.52 bits per heavy atom. The summed E-state index contributed by atoms with van der Waals surface area (Å²) in [6.45, 7) is 3.18. The maximum atomic E-state index is 12.4. The number of thiazole rings is 1. The van der Waals surface area contributed by atoms with E-state index in [-0.39, 0.29) is 42.3 Å². The SMILES string of the molecule is CC(NC1(CNC(=O)c2csc(CN)n2)CCCC1)c1ccccc1.Cl.Cl. The minimum atomic E-state index is -0.114. The Bertz CT molecular complexity index is 705. The normalized spacial score (nSPS) is 16.1. The molecule has 8 heteroatoms. The second-order valence-electron chi connectivity index (χ2n) is 6.78. The van der Waals surface area contributed by atoms with Crippen LogP contribution in [-0.4, -0.2) is 23.0 Å². The van der Waals surface area contributed by atoms with Crippen LogP contribution in [0.5, 0.6) is 0 Å². The van der Waals surface area contributed by atoms with Crippen LogP contribution >= 0.6 is 36.2 Å². The van der Waals surface area contributed by atoms with Crippen LogP contribution in [0.3, 0.4) is 0 Å². The highest BCUT2D eigenvalue weighted by Gasteiger charge is 2.35. The molecule has 1 aliphatic carbocycles. The predicted molar refractivity (Wildman–Crippen MR) is 116 cm³/mol. The van der Waals surface area contributed by atoms with Gasteiger partial charge >= 0.3 is 0 Å². The van der Waals surface area contributed by atoms with Gasteiger partial charge in [-0.1, -0.05) is 43.2 Å². The number of hydrogen-bond donors (Lipinski definition) is 3. The molecule has 27 heavy (non-hydrogen) atoms. The molecule has 3 rings (SSSR count). The lowest BCUT2D eigenvalue weighted by molar-refractivity contribution is 0.0932. The number of rotatable bonds is 7. The van der Waals surface area contributed by atoms with Crippen molar-refractivity contribution in [3.05, 3.63) is 52.0 Å². The average molecular weight is 431 g/mol. The summed E-state index contributed by atoms with van der Waals surface area (Å²) < 4.78 is 0. The number of amides is 1. The van der Waals surface area contributed by atoms with Crippen LogP contribution in [0, 0.1) is 0 Å². The molecule has 1 aromatic heterocycles. The Hall–Kier alpha value is -1.18. The number of carbonyl (C=O) groups is 1. The Morgan fingerprint density at radius 2 is 1.93 bits per heavy atom. The molecule has 1 aliphatic rings. The summed E-state index contributed by atoms with van der Waals surface area (Å²) >= 11 is 1.43. The molecule has 0 spiro atoms. The first-order valence-electron chi connectivity index (χ1n) is 8.87. The topological polar surface area (TPSA) is 80.0 Å². The molecule has 1 saturated carbocycles. The number of benzene rings is 1. The summed E-state index contributed by atoms with van der Waals surface area (Å²) in [6.07, 6.45) is 4.54. The first kappa shape index (κ1) is 23.9. The van der Waals surface area contributed by atoms with Gasteiger partial charge in [0.25, 0.3) is 5.91 Å². The number of nitrogens with two attached hydrogens (primary N) is 1. The highest BCUT2D eigenvalue weighted by molar-refractivity contribution is 7.09. The van der Waals surface area contributed by atoms with E-state index in [1.54, 1.807) is 5.38 Å². The summed E-state index contributed by atoms with van der Waals surface area (Å²) in [4.78, 5) is 16.7. The number of carbonyl (C=O) groups excluding carboxylic acids is 1. The number of aromatic nitrogens is 1. The van der Waals surface area contributed by atoms with Crippen molar-refractivity contribution in [1.29, 1.82) is 0 Å². The molecule has 1 unspecified atom stereocenters. The van der Waals surface area contributed by atoms with E-state index in [1.807, 2.05) is 6.07 Å². The fourth-order valence-electron chi connectivity index (χ4n) is 3.56. The summed E-state index contributed by atoms with van der Waals surface area (Å²) in [5.74, 6) is -0.114. The Kier molecular flexibility index (Phi) is 9.70. The van der Waals surface area contributed by atoms with Crippen molar-refractivity contribution in [1.82, 2.24) is 15.6 Å². The molecular weight excluding hydrogens is 403 g/mol. The average Bonchev–Trinajstić information content (AvgIpc) is 3.30.